The SMILES string of the molecule is Cc1cc(NCc2ccccc2F)nc(Nc2cccc(Cl)c2C)n1. The van der Waals surface area contributed by atoms with E-state index in [1.165, 1.54) is 6.07 Å². The molecule has 1 aromatic heterocycles. The van der Waals surface area contributed by atoms with Crippen LogP contribution in [0.4, 0.5) is 21.8 Å². The van der Waals surface area contributed by atoms with Crippen molar-refractivity contribution in [2.75, 3.05) is 10.6 Å². The molecule has 6 heteroatoms. The Bertz CT molecular complexity index is 898. The third-order valence-electron chi connectivity index (χ3n) is 3.79. The summed E-state index contributed by atoms with van der Waals surface area (Å²) in [5, 5.41) is 7.00. The van der Waals surface area contributed by atoms with Gasteiger partial charge in [0.05, 0.1) is 0 Å². The molecule has 4 nitrogen and oxygen atoms in total. The molecule has 0 bridgehead atoms. The normalized spacial score (nSPS) is 10.6. The molecule has 0 saturated carbocycles. The lowest BCUT2D eigenvalue weighted by atomic mass is 10.2. The van der Waals surface area contributed by atoms with Crippen molar-refractivity contribution < 1.29 is 4.39 Å². The number of anilines is 3. The predicted molar refractivity (Wildman–Crippen MR) is 100.0 cm³/mol. The minimum atomic E-state index is -0.242. The van der Waals surface area contributed by atoms with E-state index in [2.05, 4.69) is 20.6 Å². The van der Waals surface area contributed by atoms with E-state index >= 15 is 0 Å². The van der Waals surface area contributed by atoms with Gasteiger partial charge in [0.25, 0.3) is 0 Å². The molecule has 2 aromatic carbocycles. The summed E-state index contributed by atoms with van der Waals surface area (Å²) in [4.78, 5) is 8.84. The highest BCUT2D eigenvalue weighted by Crippen LogP contribution is 2.25. The van der Waals surface area contributed by atoms with E-state index in [4.69, 9.17) is 11.6 Å². The van der Waals surface area contributed by atoms with Gasteiger partial charge < -0.3 is 10.6 Å². The molecule has 0 aliphatic heterocycles. The van der Waals surface area contributed by atoms with E-state index in [1.807, 2.05) is 38.1 Å². The second-order valence-electron chi connectivity index (χ2n) is 5.70. The maximum absolute atomic E-state index is 13.7. The van der Waals surface area contributed by atoms with E-state index in [0.717, 1.165) is 16.9 Å². The molecule has 0 aliphatic rings. The molecule has 0 fully saturated rings. The molecule has 2 N–H and O–H groups in total. The average molecular weight is 357 g/mol. The van der Waals surface area contributed by atoms with Crippen LogP contribution in [-0.4, -0.2) is 9.97 Å². The number of halogens is 2. The fourth-order valence-electron chi connectivity index (χ4n) is 2.41. The van der Waals surface area contributed by atoms with Gasteiger partial charge in [-0.2, -0.15) is 4.98 Å². The summed E-state index contributed by atoms with van der Waals surface area (Å²) < 4.78 is 13.7. The summed E-state index contributed by atoms with van der Waals surface area (Å²) in [6.07, 6.45) is 0. The molecular formula is C19H18ClFN4. The summed E-state index contributed by atoms with van der Waals surface area (Å²) >= 11 is 6.15. The molecule has 0 amide bonds. The molecule has 3 rings (SSSR count). The Labute approximate surface area is 151 Å². The number of aromatic nitrogens is 2. The second-order valence-corrected chi connectivity index (χ2v) is 6.11. The van der Waals surface area contributed by atoms with Gasteiger partial charge in [-0.25, -0.2) is 9.37 Å². The lowest BCUT2D eigenvalue weighted by Crippen LogP contribution is -2.07. The molecule has 0 unspecified atom stereocenters. The van der Waals surface area contributed by atoms with E-state index in [0.29, 0.717) is 28.9 Å². The van der Waals surface area contributed by atoms with Crippen LogP contribution in [-0.2, 0) is 6.54 Å². The molecule has 0 atom stereocenters. The van der Waals surface area contributed by atoms with Crippen LogP contribution in [0, 0.1) is 19.7 Å². The van der Waals surface area contributed by atoms with Crippen LogP contribution < -0.4 is 10.6 Å². The standard InChI is InChI=1S/C19H18ClFN4/c1-12-10-18(22-11-14-6-3-4-8-16(14)21)25-19(23-12)24-17-9-5-7-15(20)13(17)2/h3-10H,11H2,1-2H3,(H2,22,23,24,25). The quantitative estimate of drug-likeness (QED) is 0.656. The Morgan fingerprint density at radius 1 is 1.04 bits per heavy atom. The first-order valence-electron chi connectivity index (χ1n) is 7.88. The van der Waals surface area contributed by atoms with Gasteiger partial charge >= 0.3 is 0 Å². The third kappa shape index (κ3) is 4.25. The molecule has 0 aliphatic carbocycles. The first kappa shape index (κ1) is 17.2. The lowest BCUT2D eigenvalue weighted by Gasteiger charge is -2.12. The molecule has 0 radical (unpaired) electrons. The summed E-state index contributed by atoms with van der Waals surface area (Å²) in [6, 6.07) is 14.1. The molecule has 0 spiro atoms. The van der Waals surface area contributed by atoms with Crippen LogP contribution in [0.2, 0.25) is 5.02 Å². The fourth-order valence-corrected chi connectivity index (χ4v) is 2.58. The zero-order valence-corrected chi connectivity index (χ0v) is 14.7. The summed E-state index contributed by atoms with van der Waals surface area (Å²) in [5.74, 6) is 0.841. The van der Waals surface area contributed by atoms with Gasteiger partial charge in [-0.15, -0.1) is 0 Å². The van der Waals surface area contributed by atoms with Crippen molar-refractivity contribution in [3.8, 4) is 0 Å². The third-order valence-corrected chi connectivity index (χ3v) is 4.20. The Morgan fingerprint density at radius 2 is 1.84 bits per heavy atom. The zero-order valence-electron chi connectivity index (χ0n) is 14.0. The van der Waals surface area contributed by atoms with Crippen molar-refractivity contribution in [2.24, 2.45) is 0 Å². The average Bonchev–Trinajstić information content (AvgIpc) is 2.58. The number of benzene rings is 2. The second kappa shape index (κ2) is 7.49. The number of nitrogens with one attached hydrogen (secondary N) is 2. The van der Waals surface area contributed by atoms with Crippen LogP contribution >= 0.6 is 11.6 Å². The minimum absolute atomic E-state index is 0.242. The van der Waals surface area contributed by atoms with Crippen molar-refractivity contribution >= 4 is 29.1 Å². The Hall–Kier alpha value is -2.66. The van der Waals surface area contributed by atoms with Crippen molar-refractivity contribution in [3.63, 3.8) is 0 Å². The first-order chi connectivity index (χ1) is 12.0. The van der Waals surface area contributed by atoms with Gasteiger partial charge in [0.1, 0.15) is 11.6 Å². The lowest BCUT2D eigenvalue weighted by molar-refractivity contribution is 0.613. The Kier molecular flexibility index (Phi) is 5.14. The maximum atomic E-state index is 13.7. The highest BCUT2D eigenvalue weighted by atomic mass is 35.5. The van der Waals surface area contributed by atoms with E-state index in [1.54, 1.807) is 18.2 Å². The summed E-state index contributed by atoms with van der Waals surface area (Å²) in [5.41, 5.74) is 3.15. The number of rotatable bonds is 5. The topological polar surface area (TPSA) is 49.8 Å². The Balaban J connectivity index is 1.78. The van der Waals surface area contributed by atoms with Crippen molar-refractivity contribution in [2.45, 2.75) is 20.4 Å². The first-order valence-corrected chi connectivity index (χ1v) is 8.26. The van der Waals surface area contributed by atoms with E-state index in [-0.39, 0.29) is 5.82 Å². The van der Waals surface area contributed by atoms with Crippen LogP contribution in [0.25, 0.3) is 0 Å². The number of hydrogen-bond acceptors (Lipinski definition) is 4. The zero-order chi connectivity index (χ0) is 17.8. The molecule has 128 valence electrons. The molecule has 1 heterocycles. The van der Waals surface area contributed by atoms with Crippen LogP contribution in [0.15, 0.2) is 48.5 Å². The van der Waals surface area contributed by atoms with Crippen LogP contribution in [0.1, 0.15) is 16.8 Å². The molecule has 3 aromatic rings. The summed E-state index contributed by atoms with van der Waals surface area (Å²) in [7, 11) is 0. The Morgan fingerprint density at radius 3 is 2.64 bits per heavy atom. The van der Waals surface area contributed by atoms with Gasteiger partial charge in [-0.1, -0.05) is 35.9 Å². The predicted octanol–water partition coefficient (Wildman–Crippen LogP) is 5.24. The maximum Gasteiger partial charge on any atom is 0.229 e. The smallest absolute Gasteiger partial charge is 0.229 e. The number of nitrogens with zero attached hydrogens (tertiary/aromatic N) is 2. The minimum Gasteiger partial charge on any atom is -0.366 e. The molecule has 0 saturated heterocycles. The van der Waals surface area contributed by atoms with Gasteiger partial charge in [0, 0.05) is 34.6 Å². The number of hydrogen-bond donors (Lipinski definition) is 2. The molecule has 25 heavy (non-hydrogen) atoms. The number of aryl methyl sites for hydroxylation is 1. The monoisotopic (exact) mass is 356 g/mol. The van der Waals surface area contributed by atoms with Gasteiger partial charge in [0.2, 0.25) is 5.95 Å². The highest BCUT2D eigenvalue weighted by Gasteiger charge is 2.07. The highest BCUT2D eigenvalue weighted by molar-refractivity contribution is 6.31. The van der Waals surface area contributed by atoms with Gasteiger partial charge in [-0.05, 0) is 37.6 Å². The van der Waals surface area contributed by atoms with Gasteiger partial charge in [-0.3, -0.25) is 0 Å². The largest absolute Gasteiger partial charge is 0.366 e. The summed E-state index contributed by atoms with van der Waals surface area (Å²) in [6.45, 7) is 4.16. The van der Waals surface area contributed by atoms with Crippen molar-refractivity contribution in [1.82, 2.24) is 9.97 Å². The fraction of sp³-hybridized carbons (Fsp3) is 0.158. The molecular weight excluding hydrogens is 339 g/mol. The van der Waals surface area contributed by atoms with Gasteiger partial charge in [0.15, 0.2) is 0 Å². The van der Waals surface area contributed by atoms with Crippen LogP contribution in [0.3, 0.4) is 0 Å². The van der Waals surface area contributed by atoms with E-state index < -0.39 is 0 Å². The van der Waals surface area contributed by atoms with E-state index in [9.17, 15) is 4.39 Å². The van der Waals surface area contributed by atoms with Crippen LogP contribution in [0.5, 0.6) is 0 Å². The van der Waals surface area contributed by atoms with Crippen molar-refractivity contribution in [1.29, 1.82) is 0 Å². The van der Waals surface area contributed by atoms with Crippen molar-refractivity contribution in [3.05, 3.63) is 76.2 Å².